The van der Waals surface area contributed by atoms with Crippen molar-refractivity contribution in [3.8, 4) is 11.4 Å². The molecule has 0 saturated carbocycles. The minimum atomic E-state index is -0.0863. The molecule has 0 aliphatic rings. The molecule has 0 saturated heterocycles. The lowest BCUT2D eigenvalue weighted by molar-refractivity contribution is 0.0905. The standard InChI is InChI=1S/C18H24N2O3/c1-12(11-22-4)19-18(21)17-9-13(2)20(14(17)3)15-7-6-8-16(10-15)23-5/h6-10,12H,11H2,1-5H3,(H,19,21)/t12-/m1/s1. The molecular formula is C18H24N2O3. The molecule has 1 atom stereocenters. The van der Waals surface area contributed by atoms with Gasteiger partial charge in [-0.15, -0.1) is 0 Å². The van der Waals surface area contributed by atoms with E-state index in [-0.39, 0.29) is 11.9 Å². The summed E-state index contributed by atoms with van der Waals surface area (Å²) < 4.78 is 12.4. The van der Waals surface area contributed by atoms with Gasteiger partial charge in [0, 0.05) is 36.3 Å². The van der Waals surface area contributed by atoms with Crippen LogP contribution in [0.25, 0.3) is 5.69 Å². The molecule has 23 heavy (non-hydrogen) atoms. The third kappa shape index (κ3) is 3.74. The summed E-state index contributed by atoms with van der Waals surface area (Å²) in [6.45, 7) is 6.34. The van der Waals surface area contributed by atoms with Gasteiger partial charge >= 0.3 is 0 Å². The molecule has 0 spiro atoms. The summed E-state index contributed by atoms with van der Waals surface area (Å²) in [7, 11) is 3.27. The maximum atomic E-state index is 12.5. The molecular weight excluding hydrogens is 292 g/mol. The molecule has 2 aromatic rings. The zero-order valence-corrected chi connectivity index (χ0v) is 14.3. The third-order valence-electron chi connectivity index (χ3n) is 3.78. The minimum Gasteiger partial charge on any atom is -0.497 e. The Hall–Kier alpha value is -2.27. The first-order valence-electron chi connectivity index (χ1n) is 7.61. The molecule has 0 aliphatic heterocycles. The van der Waals surface area contributed by atoms with E-state index in [1.54, 1.807) is 14.2 Å². The zero-order chi connectivity index (χ0) is 17.0. The second-order valence-electron chi connectivity index (χ2n) is 5.65. The normalized spacial score (nSPS) is 12.0. The summed E-state index contributed by atoms with van der Waals surface area (Å²) in [6.07, 6.45) is 0. The molecule has 0 bridgehead atoms. The number of rotatable bonds is 6. The van der Waals surface area contributed by atoms with Gasteiger partial charge in [0.15, 0.2) is 0 Å². The summed E-state index contributed by atoms with van der Waals surface area (Å²) in [4.78, 5) is 12.5. The Bertz CT molecular complexity index is 692. The van der Waals surface area contributed by atoms with Crippen LogP contribution < -0.4 is 10.1 Å². The second kappa shape index (κ2) is 7.33. The predicted molar refractivity (Wildman–Crippen MR) is 90.6 cm³/mol. The van der Waals surface area contributed by atoms with Crippen LogP contribution in [0.1, 0.15) is 28.7 Å². The average Bonchev–Trinajstić information content (AvgIpc) is 2.82. The maximum Gasteiger partial charge on any atom is 0.253 e. The van der Waals surface area contributed by atoms with E-state index in [1.165, 1.54) is 0 Å². The van der Waals surface area contributed by atoms with Crippen LogP contribution in [0.4, 0.5) is 0 Å². The van der Waals surface area contributed by atoms with Gasteiger partial charge in [-0.2, -0.15) is 0 Å². The summed E-state index contributed by atoms with van der Waals surface area (Å²) in [5.41, 5.74) is 3.55. The van der Waals surface area contributed by atoms with Crippen molar-refractivity contribution in [2.75, 3.05) is 20.8 Å². The summed E-state index contributed by atoms with van der Waals surface area (Å²) in [5, 5.41) is 2.95. The lowest BCUT2D eigenvalue weighted by Gasteiger charge is -2.13. The molecule has 0 aliphatic carbocycles. The lowest BCUT2D eigenvalue weighted by atomic mass is 10.2. The van der Waals surface area contributed by atoms with Crippen molar-refractivity contribution >= 4 is 5.91 Å². The average molecular weight is 316 g/mol. The number of hydrogen-bond acceptors (Lipinski definition) is 3. The Labute approximate surface area is 137 Å². The van der Waals surface area contributed by atoms with Crippen molar-refractivity contribution in [3.05, 3.63) is 47.3 Å². The highest BCUT2D eigenvalue weighted by Crippen LogP contribution is 2.23. The van der Waals surface area contributed by atoms with Gasteiger partial charge in [0.1, 0.15) is 5.75 Å². The quantitative estimate of drug-likeness (QED) is 0.891. The third-order valence-corrected chi connectivity index (χ3v) is 3.78. The summed E-state index contributed by atoms with van der Waals surface area (Å²) >= 11 is 0. The summed E-state index contributed by atoms with van der Waals surface area (Å²) in [5.74, 6) is 0.700. The van der Waals surface area contributed by atoms with Crippen molar-refractivity contribution < 1.29 is 14.3 Å². The van der Waals surface area contributed by atoms with Gasteiger partial charge in [-0.25, -0.2) is 0 Å². The van der Waals surface area contributed by atoms with E-state index in [9.17, 15) is 4.79 Å². The maximum absolute atomic E-state index is 12.5. The number of hydrogen-bond donors (Lipinski definition) is 1. The first-order valence-corrected chi connectivity index (χ1v) is 7.61. The van der Waals surface area contributed by atoms with E-state index >= 15 is 0 Å². The van der Waals surface area contributed by atoms with E-state index in [1.807, 2.05) is 51.1 Å². The van der Waals surface area contributed by atoms with E-state index < -0.39 is 0 Å². The number of carbonyl (C=O) groups is 1. The predicted octanol–water partition coefficient (Wildman–Crippen LogP) is 2.87. The van der Waals surface area contributed by atoms with Gasteiger partial charge in [-0.05, 0) is 39.0 Å². The van der Waals surface area contributed by atoms with Crippen LogP contribution in [-0.4, -0.2) is 37.3 Å². The molecule has 1 N–H and O–H groups in total. The Morgan fingerprint density at radius 1 is 1.26 bits per heavy atom. The number of aryl methyl sites for hydroxylation is 1. The first kappa shape index (κ1) is 17.1. The van der Waals surface area contributed by atoms with Crippen molar-refractivity contribution in [2.45, 2.75) is 26.8 Å². The highest BCUT2D eigenvalue weighted by molar-refractivity contribution is 5.96. The number of ether oxygens (including phenoxy) is 2. The van der Waals surface area contributed by atoms with Gasteiger partial charge in [0.05, 0.1) is 19.3 Å². The van der Waals surface area contributed by atoms with Gasteiger partial charge in [-0.1, -0.05) is 6.07 Å². The summed E-state index contributed by atoms with van der Waals surface area (Å²) in [6, 6.07) is 9.66. The largest absolute Gasteiger partial charge is 0.497 e. The Morgan fingerprint density at radius 3 is 2.65 bits per heavy atom. The molecule has 0 fully saturated rings. The SMILES string of the molecule is COC[C@@H](C)NC(=O)c1cc(C)n(-c2cccc(OC)c2)c1C. The second-order valence-corrected chi connectivity index (χ2v) is 5.65. The van der Waals surface area contributed by atoms with Gasteiger partial charge in [0.2, 0.25) is 0 Å². The number of aromatic nitrogens is 1. The Balaban J connectivity index is 2.34. The van der Waals surface area contributed by atoms with Gasteiger partial charge in [0.25, 0.3) is 5.91 Å². The van der Waals surface area contributed by atoms with Crippen molar-refractivity contribution in [1.29, 1.82) is 0 Å². The fraction of sp³-hybridized carbons (Fsp3) is 0.389. The van der Waals surface area contributed by atoms with Crippen LogP contribution in [-0.2, 0) is 4.74 Å². The molecule has 124 valence electrons. The molecule has 2 rings (SSSR count). The fourth-order valence-electron chi connectivity index (χ4n) is 2.73. The molecule has 1 heterocycles. The number of nitrogens with zero attached hydrogens (tertiary/aromatic N) is 1. The fourth-order valence-corrected chi connectivity index (χ4v) is 2.73. The number of methoxy groups -OCH3 is 2. The molecule has 0 radical (unpaired) electrons. The van der Waals surface area contributed by atoms with E-state index in [0.717, 1.165) is 22.8 Å². The van der Waals surface area contributed by atoms with Crippen LogP contribution in [0.3, 0.4) is 0 Å². The molecule has 5 nitrogen and oxygen atoms in total. The smallest absolute Gasteiger partial charge is 0.253 e. The number of amides is 1. The van der Waals surface area contributed by atoms with Crippen LogP contribution in [0.5, 0.6) is 5.75 Å². The van der Waals surface area contributed by atoms with Crippen LogP contribution in [0, 0.1) is 13.8 Å². The van der Waals surface area contributed by atoms with Crippen molar-refractivity contribution in [2.24, 2.45) is 0 Å². The number of benzene rings is 1. The monoisotopic (exact) mass is 316 g/mol. The highest BCUT2D eigenvalue weighted by atomic mass is 16.5. The Morgan fingerprint density at radius 2 is 2.00 bits per heavy atom. The van der Waals surface area contributed by atoms with Gasteiger partial charge < -0.3 is 19.4 Å². The molecule has 1 amide bonds. The zero-order valence-electron chi connectivity index (χ0n) is 14.3. The molecule has 1 aromatic heterocycles. The highest BCUT2D eigenvalue weighted by Gasteiger charge is 2.18. The van der Waals surface area contributed by atoms with Crippen LogP contribution in [0.15, 0.2) is 30.3 Å². The van der Waals surface area contributed by atoms with Crippen LogP contribution >= 0.6 is 0 Å². The molecule has 5 heteroatoms. The van der Waals surface area contributed by atoms with Gasteiger partial charge in [-0.3, -0.25) is 4.79 Å². The number of nitrogens with one attached hydrogen (secondary N) is 1. The lowest BCUT2D eigenvalue weighted by Crippen LogP contribution is -2.35. The topological polar surface area (TPSA) is 52.5 Å². The Kier molecular flexibility index (Phi) is 5.45. The van der Waals surface area contributed by atoms with Crippen molar-refractivity contribution in [3.63, 3.8) is 0 Å². The first-order chi connectivity index (χ1) is 11.0. The van der Waals surface area contributed by atoms with E-state index in [0.29, 0.717) is 12.2 Å². The van der Waals surface area contributed by atoms with Crippen molar-refractivity contribution in [1.82, 2.24) is 9.88 Å². The minimum absolute atomic E-state index is 0.0348. The molecule has 0 unspecified atom stereocenters. The van der Waals surface area contributed by atoms with E-state index in [2.05, 4.69) is 9.88 Å². The van der Waals surface area contributed by atoms with Crippen LogP contribution in [0.2, 0.25) is 0 Å². The number of carbonyl (C=O) groups excluding carboxylic acids is 1. The molecule has 1 aromatic carbocycles. The van der Waals surface area contributed by atoms with E-state index in [4.69, 9.17) is 9.47 Å².